The van der Waals surface area contributed by atoms with Gasteiger partial charge in [0.1, 0.15) is 5.03 Å². The monoisotopic (exact) mass is 363 g/mol. The number of nitrogens with zero attached hydrogens (tertiary/aromatic N) is 3. The average Bonchev–Trinajstić information content (AvgIpc) is 2.84. The zero-order chi connectivity index (χ0) is 14.8. The zero-order valence-corrected chi connectivity index (χ0v) is 14.0. The molecule has 2 aromatic heterocycles. The molecule has 0 spiro atoms. The molecule has 0 saturated heterocycles. The van der Waals surface area contributed by atoms with Gasteiger partial charge < -0.3 is 10.3 Å². The van der Waals surface area contributed by atoms with Crippen LogP contribution in [0.3, 0.4) is 0 Å². The molecule has 2 heterocycles. The Morgan fingerprint density at radius 2 is 2.19 bits per heavy atom. The smallest absolute Gasteiger partial charge is 0.223 e. The standard InChI is InChI=1S/C14H14BrN5S/c1-3-16-13-17-7-9(15)12(20-13)21-14-18-10-5-4-8(2)6-11(10)19-14/h4-7H,3H2,1-2H3,(H,18,19)(H,16,17,20). The quantitative estimate of drug-likeness (QED) is 0.685. The van der Waals surface area contributed by atoms with Crippen molar-refractivity contribution in [2.45, 2.75) is 24.0 Å². The molecule has 1 aromatic carbocycles. The van der Waals surface area contributed by atoms with Crippen molar-refractivity contribution in [1.29, 1.82) is 0 Å². The number of imidazole rings is 1. The molecule has 5 nitrogen and oxygen atoms in total. The Bertz CT molecular complexity index is 786. The Labute approximate surface area is 135 Å². The van der Waals surface area contributed by atoms with E-state index in [1.807, 2.05) is 13.0 Å². The van der Waals surface area contributed by atoms with Gasteiger partial charge in [0.05, 0.1) is 15.5 Å². The molecule has 0 aliphatic rings. The highest BCUT2D eigenvalue weighted by atomic mass is 79.9. The first-order valence-electron chi connectivity index (χ1n) is 6.56. The van der Waals surface area contributed by atoms with Crippen LogP contribution in [0.25, 0.3) is 11.0 Å². The SMILES string of the molecule is CCNc1ncc(Br)c(Sc2nc3ccc(C)cc3[nH]2)n1. The molecule has 0 atom stereocenters. The lowest BCUT2D eigenvalue weighted by atomic mass is 10.2. The van der Waals surface area contributed by atoms with Crippen LogP contribution in [0.2, 0.25) is 0 Å². The minimum absolute atomic E-state index is 0.621. The van der Waals surface area contributed by atoms with E-state index in [1.54, 1.807) is 6.20 Å². The van der Waals surface area contributed by atoms with E-state index in [2.05, 4.69) is 60.2 Å². The Hall–Kier alpha value is -1.60. The number of hydrogen-bond acceptors (Lipinski definition) is 5. The van der Waals surface area contributed by atoms with E-state index in [0.717, 1.165) is 32.2 Å². The second-order valence-electron chi connectivity index (χ2n) is 4.54. The summed E-state index contributed by atoms with van der Waals surface area (Å²) < 4.78 is 0.853. The molecule has 0 radical (unpaired) electrons. The molecule has 0 amide bonds. The third-order valence-electron chi connectivity index (χ3n) is 2.86. The predicted octanol–water partition coefficient (Wildman–Crippen LogP) is 4.01. The van der Waals surface area contributed by atoms with Crippen LogP contribution in [-0.4, -0.2) is 26.5 Å². The molecule has 21 heavy (non-hydrogen) atoms. The largest absolute Gasteiger partial charge is 0.354 e. The van der Waals surface area contributed by atoms with Gasteiger partial charge in [0.15, 0.2) is 5.16 Å². The number of anilines is 1. The van der Waals surface area contributed by atoms with Gasteiger partial charge in [-0.25, -0.2) is 15.0 Å². The van der Waals surface area contributed by atoms with Crippen molar-refractivity contribution in [2.24, 2.45) is 0 Å². The highest BCUT2D eigenvalue weighted by molar-refractivity contribution is 9.10. The van der Waals surface area contributed by atoms with Crippen molar-refractivity contribution in [3.8, 4) is 0 Å². The molecule has 7 heteroatoms. The van der Waals surface area contributed by atoms with Crippen molar-refractivity contribution in [3.63, 3.8) is 0 Å². The molecular formula is C14H14BrN5S. The second-order valence-corrected chi connectivity index (χ2v) is 6.37. The molecular weight excluding hydrogens is 350 g/mol. The number of aromatic amines is 1. The maximum Gasteiger partial charge on any atom is 0.223 e. The van der Waals surface area contributed by atoms with Gasteiger partial charge >= 0.3 is 0 Å². The number of aryl methyl sites for hydroxylation is 1. The Morgan fingerprint density at radius 1 is 1.33 bits per heavy atom. The number of fused-ring (bicyclic) bond motifs is 1. The topological polar surface area (TPSA) is 66.5 Å². The zero-order valence-electron chi connectivity index (χ0n) is 11.6. The van der Waals surface area contributed by atoms with Crippen LogP contribution in [0.1, 0.15) is 12.5 Å². The maximum atomic E-state index is 4.57. The molecule has 3 aromatic rings. The lowest BCUT2D eigenvalue weighted by Gasteiger charge is -2.04. The number of aromatic nitrogens is 4. The molecule has 0 saturated carbocycles. The van der Waals surface area contributed by atoms with E-state index in [9.17, 15) is 0 Å². The highest BCUT2D eigenvalue weighted by Gasteiger charge is 2.10. The van der Waals surface area contributed by atoms with Crippen molar-refractivity contribution in [1.82, 2.24) is 19.9 Å². The number of hydrogen-bond donors (Lipinski definition) is 2. The predicted molar refractivity (Wildman–Crippen MR) is 88.8 cm³/mol. The normalized spacial score (nSPS) is 11.0. The molecule has 108 valence electrons. The lowest BCUT2D eigenvalue weighted by molar-refractivity contribution is 0.988. The third kappa shape index (κ3) is 3.19. The van der Waals surface area contributed by atoms with Gasteiger partial charge in [-0.2, -0.15) is 0 Å². The fraction of sp³-hybridized carbons (Fsp3) is 0.214. The van der Waals surface area contributed by atoms with E-state index in [4.69, 9.17) is 0 Å². The summed E-state index contributed by atoms with van der Waals surface area (Å²) in [6, 6.07) is 6.16. The molecule has 3 rings (SSSR count). The highest BCUT2D eigenvalue weighted by Crippen LogP contribution is 2.31. The first-order valence-corrected chi connectivity index (χ1v) is 8.17. The summed E-state index contributed by atoms with van der Waals surface area (Å²) in [5.74, 6) is 0.621. The van der Waals surface area contributed by atoms with Crippen LogP contribution in [0.4, 0.5) is 5.95 Å². The Morgan fingerprint density at radius 3 is 3.00 bits per heavy atom. The van der Waals surface area contributed by atoms with Gasteiger partial charge in [0.2, 0.25) is 5.95 Å². The van der Waals surface area contributed by atoms with Gasteiger partial charge in [-0.1, -0.05) is 6.07 Å². The molecule has 2 N–H and O–H groups in total. The van der Waals surface area contributed by atoms with E-state index in [1.165, 1.54) is 17.3 Å². The minimum atomic E-state index is 0.621. The number of nitrogens with one attached hydrogen (secondary N) is 2. The van der Waals surface area contributed by atoms with Crippen molar-refractivity contribution >= 4 is 44.7 Å². The van der Waals surface area contributed by atoms with Gasteiger partial charge in [-0.15, -0.1) is 0 Å². The molecule has 0 bridgehead atoms. The summed E-state index contributed by atoms with van der Waals surface area (Å²) in [5.41, 5.74) is 3.20. The van der Waals surface area contributed by atoms with Crippen LogP contribution in [0, 0.1) is 6.92 Å². The molecule has 0 fully saturated rings. The van der Waals surface area contributed by atoms with Gasteiger partial charge in [0, 0.05) is 12.7 Å². The average molecular weight is 364 g/mol. The Kier molecular flexibility index (Phi) is 4.12. The van der Waals surface area contributed by atoms with Crippen LogP contribution >= 0.6 is 27.7 Å². The second kappa shape index (κ2) is 6.03. The summed E-state index contributed by atoms with van der Waals surface area (Å²) in [4.78, 5) is 16.6. The number of H-pyrrole nitrogens is 1. The molecule has 0 unspecified atom stereocenters. The van der Waals surface area contributed by atoms with Crippen molar-refractivity contribution in [2.75, 3.05) is 11.9 Å². The Balaban J connectivity index is 1.92. The van der Waals surface area contributed by atoms with Gasteiger partial charge in [-0.3, -0.25) is 0 Å². The summed E-state index contributed by atoms with van der Waals surface area (Å²) >= 11 is 4.96. The summed E-state index contributed by atoms with van der Waals surface area (Å²) in [5, 5.41) is 4.76. The van der Waals surface area contributed by atoms with E-state index in [0.29, 0.717) is 5.95 Å². The maximum absolute atomic E-state index is 4.57. The number of benzene rings is 1. The summed E-state index contributed by atoms with van der Waals surface area (Å²) in [6.45, 7) is 4.87. The fourth-order valence-electron chi connectivity index (χ4n) is 1.91. The van der Waals surface area contributed by atoms with Gasteiger partial charge in [0.25, 0.3) is 0 Å². The first-order chi connectivity index (χ1) is 10.2. The minimum Gasteiger partial charge on any atom is -0.354 e. The van der Waals surface area contributed by atoms with Crippen molar-refractivity contribution < 1.29 is 0 Å². The first kappa shape index (κ1) is 14.3. The van der Waals surface area contributed by atoms with E-state index < -0.39 is 0 Å². The third-order valence-corrected chi connectivity index (χ3v) is 4.59. The lowest BCUT2D eigenvalue weighted by Crippen LogP contribution is -2.02. The van der Waals surface area contributed by atoms with Crippen molar-refractivity contribution in [3.05, 3.63) is 34.4 Å². The van der Waals surface area contributed by atoms with Crippen LogP contribution < -0.4 is 5.32 Å². The van der Waals surface area contributed by atoms with E-state index in [-0.39, 0.29) is 0 Å². The van der Waals surface area contributed by atoms with Gasteiger partial charge in [-0.05, 0) is 59.2 Å². The summed E-state index contributed by atoms with van der Waals surface area (Å²) in [6.07, 6.45) is 1.75. The number of halogens is 1. The molecule has 0 aliphatic carbocycles. The van der Waals surface area contributed by atoms with Crippen LogP contribution in [0.5, 0.6) is 0 Å². The summed E-state index contributed by atoms with van der Waals surface area (Å²) in [7, 11) is 0. The van der Waals surface area contributed by atoms with E-state index >= 15 is 0 Å². The molecule has 0 aliphatic heterocycles. The fourth-order valence-corrected chi connectivity index (χ4v) is 3.11. The number of rotatable bonds is 4. The van der Waals surface area contributed by atoms with Crippen LogP contribution in [0.15, 0.2) is 39.1 Å². The van der Waals surface area contributed by atoms with Crippen LogP contribution in [-0.2, 0) is 0 Å².